The van der Waals surface area contributed by atoms with Gasteiger partial charge in [0.15, 0.2) is 0 Å². The fourth-order valence-corrected chi connectivity index (χ4v) is 2.73. The molecule has 2 fully saturated rings. The van der Waals surface area contributed by atoms with E-state index in [4.69, 9.17) is 4.74 Å². The molecule has 94 valence electrons. The van der Waals surface area contributed by atoms with Crippen LogP contribution in [0.25, 0.3) is 0 Å². The molecule has 0 aromatic rings. The van der Waals surface area contributed by atoms with E-state index < -0.39 is 6.17 Å². The number of nitrogens with zero attached hydrogens (tertiary/aromatic N) is 1. The second-order valence-corrected chi connectivity index (χ2v) is 5.57. The highest BCUT2D eigenvalue weighted by atomic mass is 19.1. The second-order valence-electron chi connectivity index (χ2n) is 5.57. The minimum Gasteiger partial charge on any atom is -0.377 e. The highest BCUT2D eigenvalue weighted by molar-refractivity contribution is 4.81. The van der Waals surface area contributed by atoms with Crippen molar-refractivity contribution in [3.05, 3.63) is 0 Å². The number of rotatable bonds is 2. The van der Waals surface area contributed by atoms with Crippen LogP contribution in [0, 0.1) is 11.8 Å². The van der Waals surface area contributed by atoms with Crippen molar-refractivity contribution in [2.24, 2.45) is 11.8 Å². The van der Waals surface area contributed by atoms with Gasteiger partial charge >= 0.3 is 0 Å². The van der Waals surface area contributed by atoms with E-state index in [0.717, 1.165) is 26.1 Å². The fourth-order valence-electron chi connectivity index (χ4n) is 2.73. The molecular weight excluding hydrogens is 205 g/mol. The number of hydrogen-bond donors (Lipinski definition) is 0. The summed E-state index contributed by atoms with van der Waals surface area (Å²) >= 11 is 0. The molecule has 0 radical (unpaired) electrons. The first-order chi connectivity index (χ1) is 7.66. The van der Waals surface area contributed by atoms with Crippen LogP contribution in [-0.2, 0) is 4.74 Å². The Morgan fingerprint density at radius 2 is 2.06 bits per heavy atom. The summed E-state index contributed by atoms with van der Waals surface area (Å²) in [4.78, 5) is 2.25. The Balaban J connectivity index is 1.80. The average molecular weight is 229 g/mol. The van der Waals surface area contributed by atoms with Gasteiger partial charge in [-0.15, -0.1) is 0 Å². The van der Waals surface area contributed by atoms with Crippen LogP contribution in [0.2, 0.25) is 0 Å². The fraction of sp³-hybridized carbons (Fsp3) is 1.00. The number of alkyl halides is 1. The normalized spacial score (nSPS) is 42.2. The molecule has 3 heteroatoms. The topological polar surface area (TPSA) is 12.5 Å². The van der Waals surface area contributed by atoms with E-state index in [9.17, 15) is 4.39 Å². The van der Waals surface area contributed by atoms with E-state index in [-0.39, 0.29) is 5.92 Å². The van der Waals surface area contributed by atoms with Crippen molar-refractivity contribution in [3.63, 3.8) is 0 Å². The van der Waals surface area contributed by atoms with E-state index in [1.54, 1.807) is 0 Å². The maximum Gasteiger partial charge on any atom is 0.115 e. The van der Waals surface area contributed by atoms with Gasteiger partial charge in [-0.05, 0) is 37.6 Å². The van der Waals surface area contributed by atoms with Crippen LogP contribution in [-0.4, -0.2) is 43.4 Å². The molecule has 2 nitrogen and oxygen atoms in total. The predicted molar refractivity (Wildman–Crippen MR) is 63.3 cm³/mol. The van der Waals surface area contributed by atoms with Gasteiger partial charge in [-0.3, -0.25) is 4.90 Å². The molecule has 0 amide bonds. The summed E-state index contributed by atoms with van der Waals surface area (Å²) in [5, 5.41) is 0. The Morgan fingerprint density at radius 3 is 2.75 bits per heavy atom. The van der Waals surface area contributed by atoms with Gasteiger partial charge in [0.25, 0.3) is 0 Å². The number of piperidine rings is 1. The van der Waals surface area contributed by atoms with Crippen LogP contribution in [0.3, 0.4) is 0 Å². The van der Waals surface area contributed by atoms with Crippen molar-refractivity contribution in [3.8, 4) is 0 Å². The average Bonchev–Trinajstić information content (AvgIpc) is 2.27. The Morgan fingerprint density at radius 1 is 1.25 bits per heavy atom. The molecule has 0 aliphatic carbocycles. The molecule has 0 unspecified atom stereocenters. The first-order valence-electron chi connectivity index (χ1n) is 6.65. The lowest BCUT2D eigenvalue weighted by molar-refractivity contribution is -0.0484. The van der Waals surface area contributed by atoms with Gasteiger partial charge in [-0.25, -0.2) is 4.39 Å². The maximum atomic E-state index is 13.6. The summed E-state index contributed by atoms with van der Waals surface area (Å²) in [5.41, 5.74) is 0. The van der Waals surface area contributed by atoms with E-state index in [1.807, 2.05) is 6.92 Å². The molecule has 2 aliphatic rings. The molecule has 0 aromatic carbocycles. The quantitative estimate of drug-likeness (QED) is 0.721. The van der Waals surface area contributed by atoms with Gasteiger partial charge in [-0.1, -0.05) is 13.8 Å². The Kier molecular flexibility index (Phi) is 4.20. The highest BCUT2D eigenvalue weighted by Gasteiger charge is 2.30. The van der Waals surface area contributed by atoms with E-state index in [2.05, 4.69) is 11.8 Å². The highest BCUT2D eigenvalue weighted by Crippen LogP contribution is 2.24. The monoisotopic (exact) mass is 229 g/mol. The van der Waals surface area contributed by atoms with Gasteiger partial charge < -0.3 is 4.74 Å². The van der Waals surface area contributed by atoms with Gasteiger partial charge in [0, 0.05) is 19.7 Å². The summed E-state index contributed by atoms with van der Waals surface area (Å²) in [7, 11) is 0. The maximum absolute atomic E-state index is 13.6. The van der Waals surface area contributed by atoms with Crippen molar-refractivity contribution < 1.29 is 9.13 Å². The zero-order valence-corrected chi connectivity index (χ0v) is 10.5. The number of hydrogen-bond acceptors (Lipinski definition) is 2. The minimum atomic E-state index is -0.646. The first-order valence-corrected chi connectivity index (χ1v) is 6.65. The standard InChI is InChI=1S/C13H24FNO/c1-10-5-6-15(8-12(10)14)9-13-11(2)4-3-7-16-13/h10-13H,3-9H2,1-2H3/t10-,11+,12+,13+/m1/s1. The van der Waals surface area contributed by atoms with Crippen LogP contribution in [0.1, 0.15) is 33.1 Å². The third kappa shape index (κ3) is 2.95. The van der Waals surface area contributed by atoms with Crippen LogP contribution in [0.15, 0.2) is 0 Å². The lowest BCUT2D eigenvalue weighted by Crippen LogP contribution is -2.46. The second kappa shape index (κ2) is 5.46. The first kappa shape index (κ1) is 12.3. The third-order valence-corrected chi connectivity index (χ3v) is 4.16. The largest absolute Gasteiger partial charge is 0.377 e. The summed E-state index contributed by atoms with van der Waals surface area (Å²) in [6, 6.07) is 0. The number of likely N-dealkylation sites (tertiary alicyclic amines) is 1. The Labute approximate surface area is 98.1 Å². The molecule has 0 saturated carbocycles. The molecule has 16 heavy (non-hydrogen) atoms. The van der Waals surface area contributed by atoms with Crippen LogP contribution in [0.5, 0.6) is 0 Å². The molecule has 4 atom stereocenters. The van der Waals surface area contributed by atoms with E-state index >= 15 is 0 Å². The van der Waals surface area contributed by atoms with Gasteiger partial charge in [0.1, 0.15) is 6.17 Å². The van der Waals surface area contributed by atoms with Crippen molar-refractivity contribution in [1.29, 1.82) is 0 Å². The molecule has 2 heterocycles. The van der Waals surface area contributed by atoms with Crippen molar-refractivity contribution >= 4 is 0 Å². The molecular formula is C13H24FNO. The molecule has 0 N–H and O–H groups in total. The summed E-state index contributed by atoms with van der Waals surface area (Å²) in [5.74, 6) is 0.868. The Bertz CT molecular complexity index is 224. The third-order valence-electron chi connectivity index (χ3n) is 4.16. The van der Waals surface area contributed by atoms with Gasteiger partial charge in [0.05, 0.1) is 6.10 Å². The van der Waals surface area contributed by atoms with Crippen molar-refractivity contribution in [2.75, 3.05) is 26.2 Å². The van der Waals surface area contributed by atoms with Gasteiger partial charge in [0.2, 0.25) is 0 Å². The van der Waals surface area contributed by atoms with E-state index in [0.29, 0.717) is 18.6 Å². The molecule has 2 saturated heterocycles. The summed E-state index contributed by atoms with van der Waals surface area (Å²) < 4.78 is 19.4. The van der Waals surface area contributed by atoms with Crippen LogP contribution in [0.4, 0.5) is 4.39 Å². The Hall–Kier alpha value is -0.150. The van der Waals surface area contributed by atoms with Crippen molar-refractivity contribution in [1.82, 2.24) is 4.90 Å². The summed E-state index contributed by atoms with van der Waals surface area (Å²) in [6.07, 6.45) is 3.11. The van der Waals surface area contributed by atoms with Gasteiger partial charge in [-0.2, -0.15) is 0 Å². The van der Waals surface area contributed by atoms with Crippen LogP contribution < -0.4 is 0 Å². The molecule has 2 rings (SSSR count). The smallest absolute Gasteiger partial charge is 0.115 e. The number of halogens is 1. The molecule has 0 bridgehead atoms. The minimum absolute atomic E-state index is 0.237. The summed E-state index contributed by atoms with van der Waals surface area (Å²) in [6.45, 7) is 7.72. The lowest BCUT2D eigenvalue weighted by atomic mass is 9.93. The molecule has 2 aliphatic heterocycles. The number of ether oxygens (including phenoxy) is 1. The predicted octanol–water partition coefficient (Wildman–Crippen LogP) is 2.48. The van der Waals surface area contributed by atoms with Crippen LogP contribution >= 0.6 is 0 Å². The van der Waals surface area contributed by atoms with Crippen molar-refractivity contribution in [2.45, 2.75) is 45.4 Å². The molecule has 0 spiro atoms. The SMILES string of the molecule is C[C@@H]1CCN(C[C@@H]2OCCC[C@@H]2C)C[C@@H]1F. The zero-order chi connectivity index (χ0) is 11.5. The van der Waals surface area contributed by atoms with E-state index in [1.165, 1.54) is 12.8 Å². The zero-order valence-electron chi connectivity index (χ0n) is 10.5. The molecule has 0 aromatic heterocycles. The lowest BCUT2D eigenvalue weighted by Gasteiger charge is -2.38.